The smallest absolute Gasteiger partial charge is 0.383 e. The van der Waals surface area contributed by atoms with Crippen LogP contribution >= 0.6 is 0 Å². The van der Waals surface area contributed by atoms with Crippen molar-refractivity contribution in [2.45, 2.75) is 25.4 Å². The number of aryl methyl sites for hydroxylation is 1. The number of hydrazine groups is 1. The number of amides is 2. The number of rotatable bonds is 6. The highest BCUT2D eigenvalue weighted by molar-refractivity contribution is 6.10. The zero-order chi connectivity index (χ0) is 27.8. The van der Waals surface area contributed by atoms with E-state index in [4.69, 9.17) is 5.73 Å². The maximum atomic E-state index is 14.9. The van der Waals surface area contributed by atoms with Crippen molar-refractivity contribution in [3.63, 3.8) is 0 Å². The van der Waals surface area contributed by atoms with Crippen LogP contribution in [-0.4, -0.2) is 55.9 Å². The first-order valence-corrected chi connectivity index (χ1v) is 11.5. The fourth-order valence-corrected chi connectivity index (χ4v) is 4.23. The number of anilines is 1. The van der Waals surface area contributed by atoms with E-state index in [1.807, 2.05) is 0 Å². The summed E-state index contributed by atoms with van der Waals surface area (Å²) in [6.07, 6.45) is -2.04. The summed E-state index contributed by atoms with van der Waals surface area (Å²) in [6.45, 7) is 1.92. The molecule has 38 heavy (non-hydrogen) atoms. The number of hydrogen-bond donors (Lipinski definition) is 1. The molecule has 3 aromatic rings. The van der Waals surface area contributed by atoms with Gasteiger partial charge in [0.1, 0.15) is 5.82 Å². The number of nitrogens with two attached hydrogens (primary N) is 1. The van der Waals surface area contributed by atoms with Gasteiger partial charge in [-0.2, -0.15) is 18.3 Å². The van der Waals surface area contributed by atoms with Crippen molar-refractivity contribution in [1.82, 2.24) is 24.8 Å². The Morgan fingerprint density at radius 3 is 2.63 bits per heavy atom. The Labute approximate surface area is 213 Å². The van der Waals surface area contributed by atoms with Gasteiger partial charge in [0, 0.05) is 31.0 Å². The van der Waals surface area contributed by atoms with Gasteiger partial charge >= 0.3 is 6.18 Å². The topological polar surface area (TPSA) is 97.3 Å². The second-order valence-corrected chi connectivity index (χ2v) is 8.65. The number of aromatic nitrogens is 3. The molecule has 0 bridgehead atoms. The van der Waals surface area contributed by atoms with Crippen molar-refractivity contribution >= 4 is 39.4 Å². The van der Waals surface area contributed by atoms with Gasteiger partial charge in [0.15, 0.2) is 11.7 Å². The molecule has 1 saturated heterocycles. The van der Waals surface area contributed by atoms with Crippen molar-refractivity contribution in [2.24, 2.45) is 7.05 Å². The zero-order valence-corrected chi connectivity index (χ0v) is 20.2. The van der Waals surface area contributed by atoms with E-state index in [1.54, 1.807) is 7.05 Å². The molecule has 1 aliphatic heterocycles. The van der Waals surface area contributed by atoms with Crippen LogP contribution in [0.25, 0.3) is 21.8 Å². The third-order valence-corrected chi connectivity index (χ3v) is 6.16. The van der Waals surface area contributed by atoms with Crippen molar-refractivity contribution in [3.8, 4) is 0 Å². The van der Waals surface area contributed by atoms with Crippen molar-refractivity contribution in [1.29, 1.82) is 0 Å². The van der Waals surface area contributed by atoms with E-state index in [-0.39, 0.29) is 30.4 Å². The third-order valence-electron chi connectivity index (χ3n) is 6.16. The first-order valence-electron chi connectivity index (χ1n) is 11.5. The maximum Gasteiger partial charge on any atom is 0.416 e. The monoisotopic (exact) mass is 534 g/mol. The SMILES string of the molecule is C=C/C(=C\C(F)=C(/F)CN(C(=O)c1ccc2nc(N)c3cnn(C)c3c2c1)N1CCCCC1=O)C(F)(F)F. The second-order valence-electron chi connectivity index (χ2n) is 8.65. The van der Waals surface area contributed by atoms with E-state index in [9.17, 15) is 31.5 Å². The molecule has 0 saturated carbocycles. The van der Waals surface area contributed by atoms with Crippen LogP contribution in [0, 0.1) is 0 Å². The quantitative estimate of drug-likeness (QED) is 0.359. The second kappa shape index (κ2) is 10.2. The fraction of sp³-hybridized carbons (Fsp3) is 0.280. The lowest BCUT2D eigenvalue weighted by Gasteiger charge is -2.37. The van der Waals surface area contributed by atoms with Gasteiger partial charge in [-0.15, -0.1) is 0 Å². The van der Waals surface area contributed by atoms with Crippen molar-refractivity contribution in [3.05, 3.63) is 65.9 Å². The number of fused-ring (bicyclic) bond motifs is 3. The molecule has 4 rings (SSSR count). The standard InChI is InChI=1S/C25H23F5N6O2/c1-3-15(25(28,29)30)11-18(26)19(27)13-36(35-9-5-4-6-21(35)37)24(38)14-7-8-20-16(10-14)22-17(23(31)33-20)12-32-34(22)2/h3,7-8,10-12H,1,4-6,9,13H2,2H3,(H2,31,33)/b15-11+,19-18+. The molecule has 1 aromatic carbocycles. The van der Waals surface area contributed by atoms with Crippen molar-refractivity contribution < 1.29 is 31.5 Å². The molecule has 2 N–H and O–H groups in total. The maximum absolute atomic E-state index is 14.9. The summed E-state index contributed by atoms with van der Waals surface area (Å²) in [5.41, 5.74) is 5.53. The number of pyridine rings is 1. The Morgan fingerprint density at radius 2 is 1.97 bits per heavy atom. The Balaban J connectivity index is 1.78. The summed E-state index contributed by atoms with van der Waals surface area (Å²) >= 11 is 0. The minimum Gasteiger partial charge on any atom is -0.383 e. The lowest BCUT2D eigenvalue weighted by Crippen LogP contribution is -2.52. The number of nitrogens with zero attached hydrogens (tertiary/aromatic N) is 5. The summed E-state index contributed by atoms with van der Waals surface area (Å²) in [4.78, 5) is 30.5. The molecule has 0 spiro atoms. The minimum absolute atomic E-state index is 0.00997. The highest BCUT2D eigenvalue weighted by atomic mass is 19.4. The Hall–Kier alpha value is -4.29. The molecule has 13 heteroatoms. The molecular formula is C25H23F5N6O2. The van der Waals surface area contributed by atoms with E-state index in [0.717, 1.165) is 5.01 Å². The highest BCUT2D eigenvalue weighted by Gasteiger charge is 2.33. The Morgan fingerprint density at radius 1 is 1.24 bits per heavy atom. The van der Waals surface area contributed by atoms with Crippen LogP contribution in [-0.2, 0) is 11.8 Å². The van der Waals surface area contributed by atoms with Gasteiger partial charge in [0.2, 0.25) is 5.91 Å². The average molecular weight is 534 g/mol. The molecule has 0 radical (unpaired) electrons. The molecule has 2 amide bonds. The molecule has 1 aliphatic rings. The van der Waals surface area contributed by atoms with E-state index in [2.05, 4.69) is 16.7 Å². The summed E-state index contributed by atoms with van der Waals surface area (Å²) in [7, 11) is 1.67. The predicted molar refractivity (Wildman–Crippen MR) is 131 cm³/mol. The van der Waals surface area contributed by atoms with Gasteiger partial charge < -0.3 is 5.73 Å². The number of allylic oxidation sites excluding steroid dienone is 4. The first-order chi connectivity index (χ1) is 17.9. The van der Waals surface area contributed by atoms with Crippen LogP contribution in [0.15, 0.2) is 60.4 Å². The molecule has 200 valence electrons. The summed E-state index contributed by atoms with van der Waals surface area (Å²) in [5.74, 6) is -4.63. The van der Waals surface area contributed by atoms with Gasteiger partial charge in [0.05, 0.1) is 34.7 Å². The number of benzene rings is 1. The molecule has 2 aromatic heterocycles. The van der Waals surface area contributed by atoms with Crippen LogP contribution in [0.1, 0.15) is 29.6 Å². The van der Waals surface area contributed by atoms with E-state index in [0.29, 0.717) is 45.7 Å². The van der Waals surface area contributed by atoms with Crippen molar-refractivity contribution in [2.75, 3.05) is 18.8 Å². The predicted octanol–water partition coefficient (Wildman–Crippen LogP) is 4.90. The Kier molecular flexibility index (Phi) is 7.20. The molecule has 0 unspecified atom stereocenters. The Bertz CT molecular complexity index is 1510. The van der Waals surface area contributed by atoms with Gasteiger partial charge in [-0.3, -0.25) is 19.3 Å². The highest BCUT2D eigenvalue weighted by Crippen LogP contribution is 2.30. The van der Waals surface area contributed by atoms with Crippen LogP contribution < -0.4 is 5.73 Å². The summed E-state index contributed by atoms with van der Waals surface area (Å²) < 4.78 is 69.9. The molecule has 0 atom stereocenters. The molecule has 3 heterocycles. The summed E-state index contributed by atoms with van der Waals surface area (Å²) in [5, 5.41) is 6.90. The van der Waals surface area contributed by atoms with E-state index in [1.165, 1.54) is 29.1 Å². The largest absolute Gasteiger partial charge is 0.416 e. The van der Waals surface area contributed by atoms with Crippen LogP contribution in [0.3, 0.4) is 0 Å². The average Bonchev–Trinajstić information content (AvgIpc) is 3.27. The van der Waals surface area contributed by atoms with Crippen LogP contribution in [0.2, 0.25) is 0 Å². The third kappa shape index (κ3) is 5.08. The number of nitrogen functional groups attached to an aromatic ring is 1. The van der Waals surface area contributed by atoms with E-state index < -0.39 is 41.8 Å². The van der Waals surface area contributed by atoms with Gasteiger partial charge in [-0.25, -0.2) is 18.8 Å². The molecule has 1 fully saturated rings. The first kappa shape index (κ1) is 26.8. The number of halogens is 5. The zero-order valence-electron chi connectivity index (χ0n) is 20.2. The number of carbonyl (C=O) groups is 2. The number of alkyl halides is 3. The minimum atomic E-state index is -4.96. The fourth-order valence-electron chi connectivity index (χ4n) is 4.23. The lowest BCUT2D eigenvalue weighted by atomic mass is 10.1. The van der Waals surface area contributed by atoms with Gasteiger partial charge in [0.25, 0.3) is 5.91 Å². The number of piperidine rings is 1. The van der Waals surface area contributed by atoms with Gasteiger partial charge in [-0.05, 0) is 37.1 Å². The number of hydrogen-bond acceptors (Lipinski definition) is 5. The number of carbonyl (C=O) groups excluding carboxylic acids is 2. The van der Waals surface area contributed by atoms with Crippen LogP contribution in [0.5, 0.6) is 0 Å². The normalized spacial score (nSPS) is 15.7. The van der Waals surface area contributed by atoms with Crippen LogP contribution in [0.4, 0.5) is 27.8 Å². The summed E-state index contributed by atoms with van der Waals surface area (Å²) in [6, 6.07) is 4.36. The molecule has 8 nitrogen and oxygen atoms in total. The molecular weight excluding hydrogens is 511 g/mol. The van der Waals surface area contributed by atoms with E-state index >= 15 is 0 Å². The lowest BCUT2D eigenvalue weighted by molar-refractivity contribution is -0.147. The van der Waals surface area contributed by atoms with Gasteiger partial charge in [-0.1, -0.05) is 12.7 Å². The molecule has 0 aliphatic carbocycles.